The van der Waals surface area contributed by atoms with E-state index < -0.39 is 5.79 Å². The zero-order valence-electron chi connectivity index (χ0n) is 8.58. The topological polar surface area (TPSA) is 38.7 Å². The van der Waals surface area contributed by atoms with Crippen LogP contribution >= 0.6 is 0 Å². The van der Waals surface area contributed by atoms with E-state index >= 15 is 0 Å². The van der Waals surface area contributed by atoms with Crippen molar-refractivity contribution in [3.8, 4) is 0 Å². The molecule has 2 unspecified atom stereocenters. The van der Waals surface area contributed by atoms with Gasteiger partial charge in [0.25, 0.3) is 0 Å². The highest BCUT2D eigenvalue weighted by atomic mass is 17.2. The fourth-order valence-electron chi connectivity index (χ4n) is 1.66. The largest absolute Gasteiger partial charge is 0.363 e. The molecular weight excluding hydrogens is 168 g/mol. The Hall–Kier alpha value is -0.120. The Bertz CT molecular complexity index is 149. The van der Waals surface area contributed by atoms with E-state index in [-0.39, 0.29) is 6.10 Å². The van der Waals surface area contributed by atoms with E-state index in [0.29, 0.717) is 12.8 Å². The summed E-state index contributed by atoms with van der Waals surface area (Å²) in [5.74, 6) is -1.01. The fraction of sp³-hybridized carbons (Fsp3) is 1.00. The quantitative estimate of drug-likeness (QED) is 0.532. The molecule has 1 heterocycles. The van der Waals surface area contributed by atoms with Crippen LogP contribution in [0.15, 0.2) is 0 Å². The molecule has 0 spiro atoms. The lowest BCUT2D eigenvalue weighted by Crippen LogP contribution is -2.27. The molecule has 1 aliphatic heterocycles. The summed E-state index contributed by atoms with van der Waals surface area (Å²) in [6, 6.07) is 0. The second-order valence-corrected chi connectivity index (χ2v) is 3.95. The maximum absolute atomic E-state index is 9.81. The standard InChI is InChI=1S/C10H20O3/c1-3-4-5-6-7-10(11)8-9(2)12-13-10/h9,11H,3-8H2,1-2H3. The third-order valence-corrected chi connectivity index (χ3v) is 2.39. The van der Waals surface area contributed by atoms with Crippen molar-refractivity contribution in [1.29, 1.82) is 0 Å². The number of rotatable bonds is 5. The number of hydrogen-bond acceptors (Lipinski definition) is 3. The van der Waals surface area contributed by atoms with Gasteiger partial charge in [0.05, 0.1) is 6.10 Å². The lowest BCUT2D eigenvalue weighted by atomic mass is 10.0. The van der Waals surface area contributed by atoms with Gasteiger partial charge in [-0.2, -0.15) is 0 Å². The molecule has 0 saturated carbocycles. The minimum Gasteiger partial charge on any atom is -0.363 e. The Morgan fingerprint density at radius 3 is 2.69 bits per heavy atom. The van der Waals surface area contributed by atoms with Crippen molar-refractivity contribution in [3.63, 3.8) is 0 Å². The van der Waals surface area contributed by atoms with Crippen LogP contribution in [0.1, 0.15) is 52.4 Å². The molecule has 1 fully saturated rings. The second kappa shape index (κ2) is 4.94. The summed E-state index contributed by atoms with van der Waals surface area (Å²) >= 11 is 0. The Labute approximate surface area is 80.0 Å². The first-order valence-corrected chi connectivity index (χ1v) is 5.23. The van der Waals surface area contributed by atoms with Gasteiger partial charge in [-0.3, -0.25) is 0 Å². The van der Waals surface area contributed by atoms with Crippen molar-refractivity contribution >= 4 is 0 Å². The SMILES string of the molecule is CCCCCCC1(O)CC(C)OO1. The Morgan fingerprint density at radius 1 is 1.38 bits per heavy atom. The average Bonchev–Trinajstić information content (AvgIpc) is 2.41. The first-order valence-electron chi connectivity index (χ1n) is 5.23. The van der Waals surface area contributed by atoms with Crippen LogP contribution in [0, 0.1) is 0 Å². The zero-order chi connectivity index (χ0) is 9.73. The maximum atomic E-state index is 9.81. The zero-order valence-corrected chi connectivity index (χ0v) is 8.58. The molecule has 2 atom stereocenters. The molecule has 0 aliphatic carbocycles. The summed E-state index contributed by atoms with van der Waals surface area (Å²) in [5.41, 5.74) is 0. The molecule has 1 saturated heterocycles. The van der Waals surface area contributed by atoms with E-state index in [1.807, 2.05) is 6.92 Å². The van der Waals surface area contributed by atoms with Crippen LogP contribution in [-0.4, -0.2) is 17.0 Å². The predicted molar refractivity (Wildman–Crippen MR) is 50.0 cm³/mol. The molecule has 1 rings (SSSR count). The van der Waals surface area contributed by atoms with Crippen molar-refractivity contribution in [1.82, 2.24) is 0 Å². The molecule has 0 amide bonds. The van der Waals surface area contributed by atoms with Crippen LogP contribution in [0.3, 0.4) is 0 Å². The van der Waals surface area contributed by atoms with E-state index in [1.165, 1.54) is 12.8 Å². The molecular formula is C10H20O3. The van der Waals surface area contributed by atoms with Crippen LogP contribution in [0.5, 0.6) is 0 Å². The number of unbranched alkanes of at least 4 members (excludes halogenated alkanes) is 3. The van der Waals surface area contributed by atoms with E-state index in [1.54, 1.807) is 0 Å². The summed E-state index contributed by atoms with van der Waals surface area (Å²) in [7, 11) is 0. The van der Waals surface area contributed by atoms with Gasteiger partial charge in [-0.15, -0.1) is 0 Å². The molecule has 0 aromatic heterocycles. The summed E-state index contributed by atoms with van der Waals surface area (Å²) in [6.07, 6.45) is 5.93. The van der Waals surface area contributed by atoms with Crippen LogP contribution < -0.4 is 0 Å². The molecule has 0 aromatic rings. The molecule has 1 aliphatic rings. The molecule has 0 aromatic carbocycles. The predicted octanol–water partition coefficient (Wildman–Crippen LogP) is 2.39. The minimum atomic E-state index is -1.01. The summed E-state index contributed by atoms with van der Waals surface area (Å²) in [6.45, 7) is 4.08. The van der Waals surface area contributed by atoms with E-state index in [0.717, 1.165) is 12.8 Å². The fourth-order valence-corrected chi connectivity index (χ4v) is 1.66. The third kappa shape index (κ3) is 3.63. The monoisotopic (exact) mass is 188 g/mol. The molecule has 3 heteroatoms. The maximum Gasteiger partial charge on any atom is 0.201 e. The van der Waals surface area contributed by atoms with Gasteiger partial charge < -0.3 is 5.11 Å². The van der Waals surface area contributed by atoms with Crippen molar-refractivity contribution < 1.29 is 14.9 Å². The number of hydrogen-bond donors (Lipinski definition) is 1. The van der Waals surface area contributed by atoms with E-state index in [2.05, 4.69) is 6.92 Å². The molecule has 0 radical (unpaired) electrons. The Balaban J connectivity index is 2.12. The summed E-state index contributed by atoms with van der Waals surface area (Å²) in [4.78, 5) is 9.76. The Kier molecular flexibility index (Phi) is 4.16. The van der Waals surface area contributed by atoms with Crippen molar-refractivity contribution in [3.05, 3.63) is 0 Å². The summed E-state index contributed by atoms with van der Waals surface area (Å²) in [5, 5.41) is 9.81. The van der Waals surface area contributed by atoms with Gasteiger partial charge in [-0.25, -0.2) is 9.78 Å². The molecule has 78 valence electrons. The first-order chi connectivity index (χ1) is 6.16. The normalized spacial score (nSPS) is 33.9. The first kappa shape index (κ1) is 11.0. The molecule has 0 bridgehead atoms. The third-order valence-electron chi connectivity index (χ3n) is 2.39. The molecule has 3 nitrogen and oxygen atoms in total. The van der Waals surface area contributed by atoms with Gasteiger partial charge in [0.15, 0.2) is 0 Å². The van der Waals surface area contributed by atoms with E-state index in [4.69, 9.17) is 9.78 Å². The smallest absolute Gasteiger partial charge is 0.201 e. The Morgan fingerprint density at radius 2 is 2.15 bits per heavy atom. The van der Waals surface area contributed by atoms with Gasteiger partial charge in [0.2, 0.25) is 5.79 Å². The van der Waals surface area contributed by atoms with E-state index in [9.17, 15) is 5.11 Å². The van der Waals surface area contributed by atoms with Crippen molar-refractivity contribution in [2.24, 2.45) is 0 Å². The second-order valence-electron chi connectivity index (χ2n) is 3.95. The van der Waals surface area contributed by atoms with Crippen LogP contribution in [0.4, 0.5) is 0 Å². The van der Waals surface area contributed by atoms with Crippen LogP contribution in [-0.2, 0) is 9.78 Å². The van der Waals surface area contributed by atoms with Crippen molar-refractivity contribution in [2.75, 3.05) is 0 Å². The minimum absolute atomic E-state index is 0.0242. The lowest BCUT2D eigenvalue weighted by molar-refractivity contribution is -0.378. The average molecular weight is 188 g/mol. The van der Waals surface area contributed by atoms with Crippen molar-refractivity contribution in [2.45, 2.75) is 64.3 Å². The van der Waals surface area contributed by atoms with Gasteiger partial charge in [0, 0.05) is 12.8 Å². The molecule has 1 N–H and O–H groups in total. The number of aliphatic hydroxyl groups is 1. The highest BCUT2D eigenvalue weighted by molar-refractivity contribution is 4.73. The van der Waals surface area contributed by atoms with Gasteiger partial charge in [-0.05, 0) is 13.3 Å². The van der Waals surface area contributed by atoms with Crippen LogP contribution in [0.2, 0.25) is 0 Å². The van der Waals surface area contributed by atoms with Gasteiger partial charge in [0.1, 0.15) is 0 Å². The van der Waals surface area contributed by atoms with Gasteiger partial charge >= 0.3 is 0 Å². The van der Waals surface area contributed by atoms with Crippen LogP contribution in [0.25, 0.3) is 0 Å². The van der Waals surface area contributed by atoms with Gasteiger partial charge in [-0.1, -0.05) is 26.2 Å². The summed E-state index contributed by atoms with van der Waals surface area (Å²) < 4.78 is 0. The highest BCUT2D eigenvalue weighted by Gasteiger charge is 2.38. The highest BCUT2D eigenvalue weighted by Crippen LogP contribution is 2.30. The lowest BCUT2D eigenvalue weighted by Gasteiger charge is -2.17. The molecule has 13 heavy (non-hydrogen) atoms.